The first kappa shape index (κ1) is 21.8. The van der Waals surface area contributed by atoms with Gasteiger partial charge in [-0.2, -0.15) is 13.2 Å². The number of anilines is 1. The van der Waals surface area contributed by atoms with E-state index in [-0.39, 0.29) is 17.8 Å². The molecule has 31 heavy (non-hydrogen) atoms. The highest BCUT2D eigenvalue weighted by Gasteiger charge is 2.30. The lowest BCUT2D eigenvalue weighted by Gasteiger charge is -2.14. The molecule has 11 heteroatoms. The quantitative estimate of drug-likeness (QED) is 0.498. The summed E-state index contributed by atoms with van der Waals surface area (Å²) in [4.78, 5) is 13.3. The second kappa shape index (κ2) is 9.41. The third-order valence-corrected chi connectivity index (χ3v) is 6.53. The summed E-state index contributed by atoms with van der Waals surface area (Å²) in [5.74, 6) is 0.444. The number of ether oxygens (including phenoxy) is 1. The number of thiophene rings is 1. The number of nitrogens with zero attached hydrogens (tertiary/aromatic N) is 3. The fraction of sp³-hybridized carbons (Fsp3) is 0.350. The highest BCUT2D eigenvalue weighted by Crippen LogP contribution is 2.31. The summed E-state index contributed by atoms with van der Waals surface area (Å²) in [5, 5.41) is 13.7. The van der Waals surface area contributed by atoms with Gasteiger partial charge >= 0.3 is 6.18 Å². The van der Waals surface area contributed by atoms with Crippen LogP contribution < -0.4 is 5.32 Å². The minimum absolute atomic E-state index is 0.0507. The number of carbonyl (C=O) groups is 1. The molecule has 0 aliphatic carbocycles. The smallest absolute Gasteiger partial charge is 0.376 e. The van der Waals surface area contributed by atoms with Gasteiger partial charge in [0.2, 0.25) is 5.91 Å². The fourth-order valence-corrected chi connectivity index (χ4v) is 4.67. The molecule has 0 saturated carbocycles. The Labute approximate surface area is 184 Å². The van der Waals surface area contributed by atoms with Gasteiger partial charge in [0.1, 0.15) is 0 Å². The lowest BCUT2D eigenvalue weighted by Crippen LogP contribution is -2.18. The van der Waals surface area contributed by atoms with Gasteiger partial charge in [0.05, 0.1) is 28.8 Å². The van der Waals surface area contributed by atoms with Crippen molar-refractivity contribution in [3.63, 3.8) is 0 Å². The van der Waals surface area contributed by atoms with Crippen LogP contribution in [0, 0.1) is 0 Å². The topological polar surface area (TPSA) is 69.0 Å². The minimum atomic E-state index is -4.41. The summed E-state index contributed by atoms with van der Waals surface area (Å²) in [6, 6.07) is 8.25. The summed E-state index contributed by atoms with van der Waals surface area (Å²) in [6.45, 7) is 1.34. The van der Waals surface area contributed by atoms with Crippen molar-refractivity contribution in [2.75, 3.05) is 17.7 Å². The zero-order valence-corrected chi connectivity index (χ0v) is 17.9. The van der Waals surface area contributed by atoms with Crippen molar-refractivity contribution in [3.8, 4) is 10.7 Å². The average molecular weight is 469 g/mol. The Morgan fingerprint density at radius 1 is 1.26 bits per heavy atom. The van der Waals surface area contributed by atoms with Crippen molar-refractivity contribution in [3.05, 3.63) is 47.3 Å². The summed E-state index contributed by atoms with van der Waals surface area (Å²) >= 11 is 2.79. The molecule has 0 radical (unpaired) electrons. The van der Waals surface area contributed by atoms with E-state index in [2.05, 4.69) is 15.5 Å². The first-order valence-electron chi connectivity index (χ1n) is 9.59. The van der Waals surface area contributed by atoms with Crippen LogP contribution in [0.25, 0.3) is 10.7 Å². The van der Waals surface area contributed by atoms with Crippen molar-refractivity contribution in [1.82, 2.24) is 14.8 Å². The molecule has 0 bridgehead atoms. The summed E-state index contributed by atoms with van der Waals surface area (Å²) in [6.07, 6.45) is -2.36. The van der Waals surface area contributed by atoms with Gasteiger partial charge < -0.3 is 10.1 Å². The molecule has 4 rings (SSSR count). The van der Waals surface area contributed by atoms with Crippen molar-refractivity contribution in [2.45, 2.75) is 36.8 Å². The Balaban J connectivity index is 1.42. The van der Waals surface area contributed by atoms with E-state index in [9.17, 15) is 18.0 Å². The van der Waals surface area contributed by atoms with Crippen LogP contribution in [0.5, 0.6) is 0 Å². The normalized spacial score (nSPS) is 16.5. The molecule has 1 saturated heterocycles. The van der Waals surface area contributed by atoms with E-state index < -0.39 is 11.7 Å². The second-order valence-corrected chi connectivity index (χ2v) is 8.83. The zero-order valence-electron chi connectivity index (χ0n) is 16.3. The van der Waals surface area contributed by atoms with Gasteiger partial charge in [-0.25, -0.2) is 0 Å². The first-order valence-corrected chi connectivity index (χ1v) is 11.5. The monoisotopic (exact) mass is 468 g/mol. The first-order chi connectivity index (χ1) is 14.9. The van der Waals surface area contributed by atoms with Gasteiger partial charge in [-0.15, -0.1) is 21.5 Å². The Hall–Kier alpha value is -2.37. The number of rotatable bonds is 7. The standard InChI is InChI=1S/C20H19F3N4O2S2/c21-20(22,23)13-5-7-14(8-6-13)24-17(28)12-31-19-26-25-18(16-4-2-10-30-16)27(19)11-15-3-1-9-29-15/h2,4-8,10,15H,1,3,9,11-12H2,(H,24,28). The molecule has 1 aliphatic rings. The van der Waals surface area contributed by atoms with Crippen molar-refractivity contribution in [2.24, 2.45) is 0 Å². The van der Waals surface area contributed by atoms with Crippen LogP contribution in [0.1, 0.15) is 18.4 Å². The predicted octanol–water partition coefficient (Wildman–Crippen LogP) is 4.94. The van der Waals surface area contributed by atoms with E-state index in [0.29, 0.717) is 17.4 Å². The third-order valence-electron chi connectivity index (χ3n) is 4.70. The van der Waals surface area contributed by atoms with Crippen LogP contribution >= 0.6 is 23.1 Å². The van der Waals surface area contributed by atoms with Crippen LogP contribution in [0.4, 0.5) is 18.9 Å². The number of carbonyl (C=O) groups excluding carboxylic acids is 1. The molecule has 1 fully saturated rings. The number of benzene rings is 1. The molecule has 2 aromatic heterocycles. The molecule has 164 valence electrons. The van der Waals surface area contributed by atoms with Crippen LogP contribution in [0.3, 0.4) is 0 Å². The van der Waals surface area contributed by atoms with Crippen LogP contribution in [-0.2, 0) is 22.3 Å². The Bertz CT molecular complexity index is 1010. The third kappa shape index (κ3) is 5.46. The fourth-order valence-electron chi connectivity index (χ4n) is 3.21. The van der Waals surface area contributed by atoms with Gasteiger partial charge in [0, 0.05) is 12.3 Å². The Morgan fingerprint density at radius 2 is 2.06 bits per heavy atom. The minimum Gasteiger partial charge on any atom is -0.376 e. The summed E-state index contributed by atoms with van der Waals surface area (Å²) < 4.78 is 45.7. The van der Waals surface area contributed by atoms with Crippen molar-refractivity contribution in [1.29, 1.82) is 0 Å². The number of nitrogens with one attached hydrogen (secondary N) is 1. The van der Waals surface area contributed by atoms with Crippen LogP contribution in [0.2, 0.25) is 0 Å². The maximum Gasteiger partial charge on any atom is 0.416 e. The van der Waals surface area contributed by atoms with E-state index in [1.165, 1.54) is 23.9 Å². The number of alkyl halides is 3. The molecule has 1 aliphatic heterocycles. The maximum atomic E-state index is 12.7. The molecule has 1 aromatic carbocycles. The molecule has 3 aromatic rings. The van der Waals surface area contributed by atoms with Gasteiger partial charge in [0.15, 0.2) is 11.0 Å². The van der Waals surface area contributed by atoms with E-state index in [0.717, 1.165) is 42.3 Å². The van der Waals surface area contributed by atoms with E-state index in [1.54, 1.807) is 11.3 Å². The van der Waals surface area contributed by atoms with Gasteiger partial charge in [0.25, 0.3) is 0 Å². The number of thioether (sulfide) groups is 1. The largest absolute Gasteiger partial charge is 0.416 e. The number of hydrogen-bond acceptors (Lipinski definition) is 6. The van der Waals surface area contributed by atoms with E-state index >= 15 is 0 Å². The second-order valence-electron chi connectivity index (χ2n) is 6.94. The summed E-state index contributed by atoms with van der Waals surface area (Å²) in [5.41, 5.74) is -0.457. The Morgan fingerprint density at radius 3 is 2.71 bits per heavy atom. The highest BCUT2D eigenvalue weighted by molar-refractivity contribution is 7.99. The van der Waals surface area contributed by atoms with Gasteiger partial charge in [-0.3, -0.25) is 9.36 Å². The van der Waals surface area contributed by atoms with E-state index in [4.69, 9.17) is 4.74 Å². The van der Waals surface area contributed by atoms with Gasteiger partial charge in [-0.1, -0.05) is 17.8 Å². The average Bonchev–Trinajstić information content (AvgIpc) is 3.49. The SMILES string of the molecule is O=C(CSc1nnc(-c2cccs2)n1CC1CCCO1)Nc1ccc(C(F)(F)F)cc1. The van der Waals surface area contributed by atoms with Crippen molar-refractivity contribution < 1.29 is 22.7 Å². The van der Waals surface area contributed by atoms with Gasteiger partial charge in [-0.05, 0) is 48.6 Å². The number of aromatic nitrogens is 3. The van der Waals surface area contributed by atoms with Crippen LogP contribution in [0.15, 0.2) is 46.9 Å². The molecule has 6 nitrogen and oxygen atoms in total. The molecule has 1 amide bonds. The summed E-state index contributed by atoms with van der Waals surface area (Å²) in [7, 11) is 0. The van der Waals surface area contributed by atoms with E-state index in [1.807, 2.05) is 22.1 Å². The number of halogens is 3. The molecule has 3 heterocycles. The maximum absolute atomic E-state index is 12.7. The van der Waals surface area contributed by atoms with Crippen molar-refractivity contribution >= 4 is 34.7 Å². The molecular weight excluding hydrogens is 449 g/mol. The highest BCUT2D eigenvalue weighted by atomic mass is 32.2. The lowest BCUT2D eigenvalue weighted by molar-refractivity contribution is -0.137. The number of hydrogen-bond donors (Lipinski definition) is 1. The zero-order chi connectivity index (χ0) is 21.8. The predicted molar refractivity (Wildman–Crippen MR) is 113 cm³/mol. The molecular formula is C20H19F3N4O2S2. The molecule has 1 unspecified atom stereocenters. The Kier molecular flexibility index (Phi) is 6.63. The lowest BCUT2D eigenvalue weighted by atomic mass is 10.2. The number of amides is 1. The molecule has 1 atom stereocenters. The van der Waals surface area contributed by atoms with Crippen LogP contribution in [-0.4, -0.2) is 39.1 Å². The molecule has 1 N–H and O–H groups in total. The molecule has 0 spiro atoms.